The summed E-state index contributed by atoms with van der Waals surface area (Å²) in [5.74, 6) is -0.814. The van der Waals surface area contributed by atoms with Crippen LogP contribution in [-0.4, -0.2) is 36.1 Å². The minimum absolute atomic E-state index is 0.390. The summed E-state index contributed by atoms with van der Waals surface area (Å²) >= 11 is 4.28. The van der Waals surface area contributed by atoms with Crippen molar-refractivity contribution in [3.05, 3.63) is 0 Å². The Morgan fingerprint density at radius 3 is 2.43 bits per heavy atom. The standard InChI is InChI=1S/C6H12N2O4S2/c1-5(2)12-8(3-6(7)9)14(10,11)4-13/h4-5H,3H2,1-2H3,(H2,7,9). The maximum absolute atomic E-state index is 11.2. The second kappa shape index (κ2) is 5.35. The molecule has 1 amide bonds. The number of carbonyl (C=O) groups is 1. The zero-order chi connectivity index (χ0) is 11.4. The number of rotatable bonds is 6. The number of hydroxylamine groups is 1. The average molecular weight is 240 g/mol. The van der Waals surface area contributed by atoms with Crippen molar-refractivity contribution in [2.45, 2.75) is 20.0 Å². The number of nitrogens with zero attached hydrogens (tertiary/aromatic N) is 1. The topological polar surface area (TPSA) is 89.7 Å². The molecule has 0 atom stereocenters. The first-order chi connectivity index (χ1) is 6.29. The first kappa shape index (κ1) is 13.4. The van der Waals surface area contributed by atoms with Crippen LogP contribution in [0.1, 0.15) is 13.8 Å². The van der Waals surface area contributed by atoms with Gasteiger partial charge in [0.15, 0.2) is 0 Å². The van der Waals surface area contributed by atoms with E-state index in [9.17, 15) is 13.2 Å². The minimum atomic E-state index is -3.85. The van der Waals surface area contributed by atoms with E-state index in [4.69, 9.17) is 10.6 Å². The lowest BCUT2D eigenvalue weighted by molar-refractivity contribution is -0.140. The van der Waals surface area contributed by atoms with Gasteiger partial charge in [-0.05, 0) is 13.8 Å². The third-order valence-corrected chi connectivity index (χ3v) is 2.77. The molecule has 6 nitrogen and oxygen atoms in total. The van der Waals surface area contributed by atoms with Gasteiger partial charge in [-0.3, -0.25) is 9.63 Å². The fourth-order valence-electron chi connectivity index (χ4n) is 0.598. The Balaban J connectivity index is 4.72. The maximum Gasteiger partial charge on any atom is 0.268 e. The van der Waals surface area contributed by atoms with Crippen LogP contribution in [0.4, 0.5) is 0 Å². The highest BCUT2D eigenvalue weighted by atomic mass is 32.2. The fraction of sp³-hybridized carbons (Fsp3) is 0.667. The summed E-state index contributed by atoms with van der Waals surface area (Å²) in [4.78, 5) is 15.4. The van der Waals surface area contributed by atoms with Crippen molar-refractivity contribution >= 4 is 32.8 Å². The van der Waals surface area contributed by atoms with Crippen LogP contribution in [-0.2, 0) is 19.7 Å². The van der Waals surface area contributed by atoms with Crippen molar-refractivity contribution in [3.8, 4) is 0 Å². The molecule has 0 fully saturated rings. The molecule has 14 heavy (non-hydrogen) atoms. The number of carbonyl (C=O) groups excluding carboxylic acids is 1. The second-order valence-corrected chi connectivity index (χ2v) is 4.93. The van der Waals surface area contributed by atoms with E-state index in [0.717, 1.165) is 0 Å². The van der Waals surface area contributed by atoms with Crippen LogP contribution in [0.25, 0.3) is 0 Å². The van der Waals surface area contributed by atoms with Gasteiger partial charge in [-0.15, -0.1) is 0 Å². The van der Waals surface area contributed by atoms with E-state index in [1.54, 1.807) is 13.8 Å². The summed E-state index contributed by atoms with van der Waals surface area (Å²) in [5.41, 5.74) is 4.85. The number of primary amides is 1. The number of hydrogen-bond donors (Lipinski definition) is 1. The Labute approximate surface area is 88.0 Å². The van der Waals surface area contributed by atoms with Crippen molar-refractivity contribution in [1.29, 1.82) is 0 Å². The molecule has 0 aromatic rings. The first-order valence-electron chi connectivity index (χ1n) is 3.72. The zero-order valence-corrected chi connectivity index (χ0v) is 9.47. The van der Waals surface area contributed by atoms with Gasteiger partial charge in [-0.1, -0.05) is 16.7 Å². The number of sulfonamides is 1. The summed E-state index contributed by atoms with van der Waals surface area (Å²) < 4.78 is 23.4. The third-order valence-electron chi connectivity index (χ3n) is 1.02. The number of thiocarbonyl (C=S) groups is 1. The van der Waals surface area contributed by atoms with Gasteiger partial charge in [0.2, 0.25) is 5.91 Å². The smallest absolute Gasteiger partial charge is 0.268 e. The van der Waals surface area contributed by atoms with Crippen LogP contribution < -0.4 is 5.73 Å². The number of nitrogens with two attached hydrogens (primary N) is 1. The molecule has 0 unspecified atom stereocenters. The van der Waals surface area contributed by atoms with Crippen molar-refractivity contribution < 1.29 is 18.0 Å². The SMILES string of the molecule is CC(C)ON(CC(N)=O)S(=O)(=O)C=S. The summed E-state index contributed by atoms with van der Waals surface area (Å²) in [7, 11) is -3.85. The van der Waals surface area contributed by atoms with Gasteiger partial charge < -0.3 is 5.73 Å². The lowest BCUT2D eigenvalue weighted by Gasteiger charge is -2.19. The number of hydrogen-bond acceptors (Lipinski definition) is 5. The summed E-state index contributed by atoms with van der Waals surface area (Å²) in [6.45, 7) is 2.69. The van der Waals surface area contributed by atoms with Crippen LogP contribution in [0, 0.1) is 0 Å². The van der Waals surface area contributed by atoms with E-state index in [1.807, 2.05) is 0 Å². The average Bonchev–Trinajstić information content (AvgIpc) is 2.01. The molecule has 0 saturated heterocycles. The molecule has 0 aromatic heterocycles. The zero-order valence-electron chi connectivity index (χ0n) is 7.84. The molecular weight excluding hydrogens is 228 g/mol. The first-order valence-corrected chi connectivity index (χ1v) is 5.70. The van der Waals surface area contributed by atoms with Gasteiger partial charge in [-0.2, -0.15) is 0 Å². The highest BCUT2D eigenvalue weighted by Gasteiger charge is 2.23. The van der Waals surface area contributed by atoms with E-state index in [-0.39, 0.29) is 6.10 Å². The Kier molecular flexibility index (Phi) is 5.13. The van der Waals surface area contributed by atoms with Gasteiger partial charge in [0.05, 0.1) is 6.10 Å². The monoisotopic (exact) mass is 240 g/mol. The molecule has 0 bridgehead atoms. The van der Waals surface area contributed by atoms with Gasteiger partial charge in [0.25, 0.3) is 10.0 Å². The van der Waals surface area contributed by atoms with E-state index in [2.05, 4.69) is 12.2 Å². The van der Waals surface area contributed by atoms with Crippen LogP contribution in [0.2, 0.25) is 0 Å². The molecule has 0 radical (unpaired) electrons. The van der Waals surface area contributed by atoms with E-state index < -0.39 is 22.5 Å². The molecule has 0 aromatic carbocycles. The molecule has 2 N–H and O–H groups in total. The van der Waals surface area contributed by atoms with Crippen LogP contribution in [0.3, 0.4) is 0 Å². The molecule has 0 spiro atoms. The largest absolute Gasteiger partial charge is 0.368 e. The van der Waals surface area contributed by atoms with Gasteiger partial charge in [0.1, 0.15) is 11.2 Å². The maximum atomic E-state index is 11.2. The third kappa shape index (κ3) is 4.61. The number of amides is 1. The second-order valence-electron chi connectivity index (χ2n) is 2.72. The summed E-state index contributed by atoms with van der Waals surface area (Å²) in [6, 6.07) is 0. The highest BCUT2D eigenvalue weighted by Crippen LogP contribution is 2.03. The lowest BCUT2D eigenvalue weighted by atomic mass is 10.5. The van der Waals surface area contributed by atoms with Gasteiger partial charge in [-0.25, -0.2) is 8.42 Å². The van der Waals surface area contributed by atoms with Gasteiger partial charge >= 0.3 is 0 Å². The van der Waals surface area contributed by atoms with E-state index in [1.165, 1.54) is 0 Å². The molecule has 0 aliphatic rings. The fourth-order valence-corrected chi connectivity index (χ4v) is 1.58. The lowest BCUT2D eigenvalue weighted by Crippen LogP contribution is -2.40. The van der Waals surface area contributed by atoms with Crippen LogP contribution in [0.5, 0.6) is 0 Å². The Morgan fingerprint density at radius 2 is 2.14 bits per heavy atom. The van der Waals surface area contributed by atoms with E-state index in [0.29, 0.717) is 9.17 Å². The molecular formula is C6H12N2O4S2. The summed E-state index contributed by atoms with van der Waals surface area (Å²) in [5, 5.41) is 0. The molecule has 8 heteroatoms. The Hall–Kier alpha value is -0.570. The van der Waals surface area contributed by atoms with Crippen molar-refractivity contribution in [2.24, 2.45) is 5.73 Å². The predicted octanol–water partition coefficient (Wildman–Crippen LogP) is -0.599. The normalized spacial score (nSPS) is 12.0. The van der Waals surface area contributed by atoms with Gasteiger partial charge in [0, 0.05) is 0 Å². The highest BCUT2D eigenvalue weighted by molar-refractivity contribution is 8.13. The molecule has 0 rings (SSSR count). The van der Waals surface area contributed by atoms with Crippen LogP contribution >= 0.6 is 12.2 Å². The molecule has 0 saturated carbocycles. The quantitative estimate of drug-likeness (QED) is 0.494. The minimum Gasteiger partial charge on any atom is -0.368 e. The molecule has 0 aliphatic carbocycles. The molecule has 82 valence electrons. The van der Waals surface area contributed by atoms with Crippen molar-refractivity contribution in [1.82, 2.24) is 4.47 Å². The van der Waals surface area contributed by atoms with Crippen molar-refractivity contribution in [2.75, 3.05) is 6.54 Å². The van der Waals surface area contributed by atoms with Crippen molar-refractivity contribution in [3.63, 3.8) is 0 Å². The Bertz CT molecular complexity index is 312. The summed E-state index contributed by atoms with van der Waals surface area (Å²) in [6.07, 6.45) is -0.390. The predicted molar refractivity (Wildman–Crippen MR) is 54.7 cm³/mol. The van der Waals surface area contributed by atoms with E-state index >= 15 is 0 Å². The van der Waals surface area contributed by atoms with Crippen LogP contribution in [0.15, 0.2) is 0 Å². The molecule has 0 aliphatic heterocycles. The molecule has 0 heterocycles. The Morgan fingerprint density at radius 1 is 1.64 bits per heavy atom.